The largest absolute Gasteiger partial charge is 0.480 e. The van der Waals surface area contributed by atoms with Gasteiger partial charge in [0.1, 0.15) is 6.04 Å². The second-order valence-electron chi connectivity index (χ2n) is 6.58. The summed E-state index contributed by atoms with van der Waals surface area (Å²) in [7, 11) is 0. The number of carbonyl (C=O) groups is 2. The number of nitrogens with two attached hydrogens (primary N) is 2. The predicted molar refractivity (Wildman–Crippen MR) is 116 cm³/mol. The van der Waals surface area contributed by atoms with Gasteiger partial charge in [0.05, 0.1) is 17.7 Å². The van der Waals surface area contributed by atoms with Crippen molar-refractivity contribution < 1.29 is 14.7 Å². The van der Waals surface area contributed by atoms with E-state index in [0.29, 0.717) is 12.1 Å². The first-order valence-corrected chi connectivity index (χ1v) is 10.0. The van der Waals surface area contributed by atoms with Crippen molar-refractivity contribution in [1.82, 2.24) is 10.3 Å². The molecule has 0 radical (unpaired) electrons. The fourth-order valence-electron chi connectivity index (χ4n) is 2.72. The number of guanidine groups is 1. The number of carbonyl (C=O) groups excluding carboxylic acids is 1. The average molecular weight is 423 g/mol. The van der Waals surface area contributed by atoms with Crippen LogP contribution in [0, 0.1) is 0 Å². The molecule has 0 aliphatic rings. The van der Waals surface area contributed by atoms with Gasteiger partial charge in [0.2, 0.25) is 0 Å². The van der Waals surface area contributed by atoms with Crippen LogP contribution in [0.15, 0.2) is 64.4 Å². The highest BCUT2D eigenvalue weighted by molar-refractivity contribution is 7.07. The van der Waals surface area contributed by atoms with Gasteiger partial charge in [0.15, 0.2) is 5.96 Å². The van der Waals surface area contributed by atoms with E-state index in [9.17, 15) is 9.59 Å². The molecule has 6 N–H and O–H groups in total. The molecule has 0 saturated heterocycles. The number of benzene rings is 2. The second-order valence-corrected chi connectivity index (χ2v) is 7.29. The normalized spacial score (nSPS) is 12.4. The minimum absolute atomic E-state index is 0.0102. The first-order chi connectivity index (χ1) is 14.4. The summed E-state index contributed by atoms with van der Waals surface area (Å²) in [5.41, 5.74) is 17.1. The first-order valence-electron chi connectivity index (χ1n) is 9.08. The Labute approximate surface area is 177 Å². The third-order valence-electron chi connectivity index (χ3n) is 4.32. The van der Waals surface area contributed by atoms with Crippen molar-refractivity contribution in [1.29, 1.82) is 0 Å². The van der Waals surface area contributed by atoms with Crippen LogP contribution in [0.4, 0.5) is 0 Å². The van der Waals surface area contributed by atoms with Crippen molar-refractivity contribution in [2.75, 3.05) is 0 Å². The zero-order chi connectivity index (χ0) is 21.5. The van der Waals surface area contributed by atoms with Crippen LogP contribution in [-0.4, -0.2) is 34.0 Å². The van der Waals surface area contributed by atoms with Gasteiger partial charge in [0.25, 0.3) is 5.91 Å². The maximum atomic E-state index is 12.3. The standard InChI is InChI=1S/C21H21N5O3S/c22-17(20(28)29)9-13-4-6-15(7-5-13)19(27)26-21(23)24-10-14-2-1-3-16(8-14)18-11-30-12-25-18/h1-8,11-12,17H,9-10,22H2,(H,28,29)(H3,23,24,26,27)/t17-/m0/s1. The lowest BCUT2D eigenvalue weighted by Gasteiger charge is -2.08. The molecule has 1 aromatic heterocycles. The first kappa shape index (κ1) is 21.2. The zero-order valence-corrected chi connectivity index (χ0v) is 16.8. The smallest absolute Gasteiger partial charge is 0.320 e. The number of hydrogen-bond donors (Lipinski definition) is 4. The van der Waals surface area contributed by atoms with Crippen molar-refractivity contribution >= 4 is 29.2 Å². The molecule has 0 spiro atoms. The number of hydrogen-bond acceptors (Lipinski definition) is 6. The van der Waals surface area contributed by atoms with E-state index in [2.05, 4.69) is 15.3 Å². The average Bonchev–Trinajstić information content (AvgIpc) is 3.28. The van der Waals surface area contributed by atoms with Crippen LogP contribution >= 0.6 is 11.3 Å². The Balaban J connectivity index is 1.58. The molecule has 3 rings (SSSR count). The van der Waals surface area contributed by atoms with Crippen LogP contribution in [-0.2, 0) is 17.8 Å². The molecule has 0 saturated carbocycles. The van der Waals surface area contributed by atoms with Crippen molar-refractivity contribution in [2.45, 2.75) is 19.0 Å². The summed E-state index contributed by atoms with van der Waals surface area (Å²) >= 11 is 1.53. The Morgan fingerprint density at radius 3 is 2.60 bits per heavy atom. The number of thiazole rings is 1. The Kier molecular flexibility index (Phi) is 6.89. The summed E-state index contributed by atoms with van der Waals surface area (Å²) in [4.78, 5) is 31.7. The molecule has 8 nitrogen and oxygen atoms in total. The van der Waals surface area contributed by atoms with Gasteiger partial charge in [-0.25, -0.2) is 9.98 Å². The van der Waals surface area contributed by atoms with Gasteiger partial charge in [-0.3, -0.25) is 14.9 Å². The highest BCUT2D eigenvalue weighted by atomic mass is 32.1. The lowest BCUT2D eigenvalue weighted by atomic mass is 10.0. The number of aliphatic imine (C=N–C) groups is 1. The van der Waals surface area contributed by atoms with Gasteiger partial charge >= 0.3 is 5.97 Å². The van der Waals surface area contributed by atoms with Crippen molar-refractivity contribution in [3.8, 4) is 11.3 Å². The van der Waals surface area contributed by atoms with Gasteiger partial charge in [-0.1, -0.05) is 30.3 Å². The number of aromatic nitrogens is 1. The van der Waals surface area contributed by atoms with Crippen LogP contribution in [0.2, 0.25) is 0 Å². The SMILES string of the molecule is NC(=NCc1cccc(-c2cscn2)c1)NC(=O)c1ccc(C[C@H](N)C(=O)O)cc1. The number of rotatable bonds is 7. The molecule has 0 bridgehead atoms. The van der Waals surface area contributed by atoms with E-state index in [4.69, 9.17) is 16.6 Å². The maximum Gasteiger partial charge on any atom is 0.320 e. The minimum Gasteiger partial charge on any atom is -0.480 e. The summed E-state index contributed by atoms with van der Waals surface area (Å²) in [6, 6.07) is 13.3. The summed E-state index contributed by atoms with van der Waals surface area (Å²) in [5.74, 6) is -1.46. The summed E-state index contributed by atoms with van der Waals surface area (Å²) in [6.45, 7) is 0.316. The molecule has 30 heavy (non-hydrogen) atoms. The molecular weight excluding hydrogens is 402 g/mol. The molecule has 2 aromatic carbocycles. The molecule has 1 atom stereocenters. The molecule has 0 fully saturated rings. The van der Waals surface area contributed by atoms with E-state index < -0.39 is 17.9 Å². The number of carboxylic acids is 1. The number of aliphatic carboxylic acids is 1. The zero-order valence-electron chi connectivity index (χ0n) is 16.0. The fraction of sp³-hybridized carbons (Fsp3) is 0.143. The van der Waals surface area contributed by atoms with Gasteiger partial charge in [-0.05, 0) is 35.7 Å². The van der Waals surface area contributed by atoms with Gasteiger partial charge < -0.3 is 16.6 Å². The third-order valence-corrected chi connectivity index (χ3v) is 4.90. The minimum atomic E-state index is -1.07. The van der Waals surface area contributed by atoms with E-state index in [0.717, 1.165) is 22.4 Å². The number of nitrogens with zero attached hydrogens (tertiary/aromatic N) is 2. The highest BCUT2D eigenvalue weighted by Gasteiger charge is 2.13. The Hall–Kier alpha value is -3.56. The van der Waals surface area contributed by atoms with Gasteiger partial charge in [-0.2, -0.15) is 0 Å². The van der Waals surface area contributed by atoms with Crippen LogP contribution in [0.3, 0.4) is 0 Å². The van der Waals surface area contributed by atoms with Crippen LogP contribution < -0.4 is 16.8 Å². The molecular formula is C21H21N5O3S. The molecule has 1 amide bonds. The molecule has 1 heterocycles. The van der Waals surface area contributed by atoms with Crippen molar-refractivity contribution in [2.24, 2.45) is 16.5 Å². The molecule has 0 aliphatic carbocycles. The van der Waals surface area contributed by atoms with E-state index in [1.165, 1.54) is 11.3 Å². The molecule has 154 valence electrons. The molecule has 3 aromatic rings. The summed E-state index contributed by atoms with van der Waals surface area (Å²) in [5, 5.41) is 13.4. The van der Waals surface area contributed by atoms with Crippen molar-refractivity contribution in [3.05, 3.63) is 76.1 Å². The van der Waals surface area contributed by atoms with E-state index in [1.54, 1.807) is 29.8 Å². The van der Waals surface area contributed by atoms with Crippen LogP contribution in [0.1, 0.15) is 21.5 Å². The van der Waals surface area contributed by atoms with E-state index >= 15 is 0 Å². The van der Waals surface area contributed by atoms with Crippen LogP contribution in [0.5, 0.6) is 0 Å². The summed E-state index contributed by atoms with van der Waals surface area (Å²) in [6.07, 6.45) is 0.181. The molecule has 0 unspecified atom stereocenters. The molecule has 0 aliphatic heterocycles. The van der Waals surface area contributed by atoms with Crippen molar-refractivity contribution in [3.63, 3.8) is 0 Å². The van der Waals surface area contributed by atoms with E-state index in [-0.39, 0.29) is 12.4 Å². The molecule has 9 heteroatoms. The highest BCUT2D eigenvalue weighted by Crippen LogP contribution is 2.20. The third kappa shape index (κ3) is 5.72. The maximum absolute atomic E-state index is 12.3. The number of nitrogens with one attached hydrogen (secondary N) is 1. The second kappa shape index (κ2) is 9.77. The lowest BCUT2D eigenvalue weighted by Crippen LogP contribution is -2.36. The topological polar surface area (TPSA) is 144 Å². The van der Waals surface area contributed by atoms with Gasteiger partial charge in [0, 0.05) is 16.5 Å². The number of amides is 1. The van der Waals surface area contributed by atoms with E-state index in [1.807, 2.05) is 29.6 Å². The Bertz CT molecular complexity index is 1050. The quantitative estimate of drug-likeness (QED) is 0.338. The number of carboxylic acid groups (broad SMARTS) is 1. The summed E-state index contributed by atoms with van der Waals surface area (Å²) < 4.78 is 0. The Morgan fingerprint density at radius 2 is 1.93 bits per heavy atom. The Morgan fingerprint density at radius 1 is 1.17 bits per heavy atom. The predicted octanol–water partition coefficient (Wildman–Crippen LogP) is 2.01. The van der Waals surface area contributed by atoms with Gasteiger partial charge in [-0.15, -0.1) is 11.3 Å². The lowest BCUT2D eigenvalue weighted by molar-refractivity contribution is -0.138. The fourth-order valence-corrected chi connectivity index (χ4v) is 3.28. The monoisotopic (exact) mass is 423 g/mol. The van der Waals surface area contributed by atoms with Crippen LogP contribution in [0.25, 0.3) is 11.3 Å².